The third kappa shape index (κ3) is 3.77. The number of halogens is 1. The lowest BCUT2D eigenvalue weighted by Crippen LogP contribution is -2.30. The SMILES string of the molecule is CN1CCc2ccc(OCCCCCl)cc2NC1=O. The molecule has 0 aromatic heterocycles. The highest BCUT2D eigenvalue weighted by molar-refractivity contribution is 6.17. The van der Waals surface area contributed by atoms with Crippen LogP contribution in [0.4, 0.5) is 10.5 Å². The first-order chi connectivity index (χ1) is 9.20. The second kappa shape index (κ2) is 6.66. The Hall–Kier alpha value is -1.42. The summed E-state index contributed by atoms with van der Waals surface area (Å²) in [7, 11) is 1.80. The third-order valence-corrected chi connectivity index (χ3v) is 3.45. The van der Waals surface area contributed by atoms with Crippen LogP contribution in [-0.4, -0.2) is 37.0 Å². The minimum atomic E-state index is -0.0713. The summed E-state index contributed by atoms with van der Waals surface area (Å²) in [5, 5.41) is 2.90. The number of carbonyl (C=O) groups is 1. The van der Waals surface area contributed by atoms with Gasteiger partial charge in [-0.1, -0.05) is 6.07 Å². The second-order valence-electron chi connectivity index (χ2n) is 4.67. The van der Waals surface area contributed by atoms with Crippen molar-refractivity contribution in [2.75, 3.05) is 31.4 Å². The summed E-state index contributed by atoms with van der Waals surface area (Å²) in [6.07, 6.45) is 2.75. The molecule has 0 saturated heterocycles. The molecule has 19 heavy (non-hydrogen) atoms. The van der Waals surface area contributed by atoms with Crippen molar-refractivity contribution in [3.05, 3.63) is 23.8 Å². The molecule has 5 heteroatoms. The molecule has 1 aromatic carbocycles. The molecule has 1 aliphatic rings. The van der Waals surface area contributed by atoms with Crippen LogP contribution in [0.3, 0.4) is 0 Å². The number of alkyl halides is 1. The number of amides is 2. The van der Waals surface area contributed by atoms with Crippen LogP contribution < -0.4 is 10.1 Å². The van der Waals surface area contributed by atoms with Crippen molar-refractivity contribution in [3.8, 4) is 5.75 Å². The molecular formula is C14H19ClN2O2. The fourth-order valence-electron chi connectivity index (χ4n) is 1.97. The van der Waals surface area contributed by atoms with E-state index >= 15 is 0 Å². The summed E-state index contributed by atoms with van der Waals surface area (Å²) in [5.41, 5.74) is 2.00. The lowest BCUT2D eigenvalue weighted by molar-refractivity contribution is 0.224. The van der Waals surface area contributed by atoms with Gasteiger partial charge in [-0.2, -0.15) is 0 Å². The number of hydrogen-bond donors (Lipinski definition) is 1. The van der Waals surface area contributed by atoms with Crippen LogP contribution in [0, 0.1) is 0 Å². The molecule has 0 unspecified atom stereocenters. The Morgan fingerprint density at radius 3 is 3.05 bits per heavy atom. The monoisotopic (exact) mass is 282 g/mol. The van der Waals surface area contributed by atoms with Gasteiger partial charge in [0.15, 0.2) is 0 Å². The molecule has 0 atom stereocenters. The topological polar surface area (TPSA) is 41.6 Å². The van der Waals surface area contributed by atoms with Gasteiger partial charge in [-0.25, -0.2) is 4.79 Å². The molecule has 1 aliphatic heterocycles. The Balaban J connectivity index is 2.02. The highest BCUT2D eigenvalue weighted by atomic mass is 35.5. The van der Waals surface area contributed by atoms with Gasteiger partial charge in [0.2, 0.25) is 0 Å². The predicted octanol–water partition coefficient (Wildman–Crippen LogP) is 3.10. The van der Waals surface area contributed by atoms with Crippen LogP contribution >= 0.6 is 11.6 Å². The number of ether oxygens (including phenoxy) is 1. The van der Waals surface area contributed by atoms with Crippen molar-refractivity contribution in [2.45, 2.75) is 19.3 Å². The first-order valence-electron chi connectivity index (χ1n) is 6.54. The zero-order valence-electron chi connectivity index (χ0n) is 11.1. The average Bonchev–Trinajstić information content (AvgIpc) is 2.55. The van der Waals surface area contributed by atoms with Gasteiger partial charge < -0.3 is 15.0 Å². The van der Waals surface area contributed by atoms with Crippen LogP contribution in [0.15, 0.2) is 18.2 Å². The van der Waals surface area contributed by atoms with Crippen molar-refractivity contribution < 1.29 is 9.53 Å². The highest BCUT2D eigenvalue weighted by Gasteiger charge is 2.16. The summed E-state index contributed by atoms with van der Waals surface area (Å²) >= 11 is 5.62. The van der Waals surface area contributed by atoms with Crippen LogP contribution in [0.5, 0.6) is 5.75 Å². The summed E-state index contributed by atoms with van der Waals surface area (Å²) in [5.74, 6) is 1.45. The summed E-state index contributed by atoms with van der Waals surface area (Å²) in [4.78, 5) is 13.4. The van der Waals surface area contributed by atoms with Gasteiger partial charge in [0.05, 0.1) is 6.61 Å². The van der Waals surface area contributed by atoms with Crippen molar-refractivity contribution in [1.29, 1.82) is 0 Å². The number of carbonyl (C=O) groups excluding carboxylic acids is 1. The summed E-state index contributed by atoms with van der Waals surface area (Å²) in [6.45, 7) is 1.38. The fraction of sp³-hybridized carbons (Fsp3) is 0.500. The summed E-state index contributed by atoms with van der Waals surface area (Å²) in [6, 6.07) is 5.80. The van der Waals surface area contributed by atoms with Crippen molar-refractivity contribution in [1.82, 2.24) is 4.90 Å². The lowest BCUT2D eigenvalue weighted by Gasteiger charge is -2.13. The van der Waals surface area contributed by atoms with E-state index in [1.807, 2.05) is 18.2 Å². The Kier molecular flexibility index (Phi) is 4.91. The number of nitrogens with one attached hydrogen (secondary N) is 1. The quantitative estimate of drug-likeness (QED) is 0.666. The Morgan fingerprint density at radius 1 is 1.42 bits per heavy atom. The van der Waals surface area contributed by atoms with E-state index in [1.165, 1.54) is 0 Å². The standard InChI is InChI=1S/C14H19ClN2O2/c1-17-8-6-11-4-5-12(19-9-3-2-7-15)10-13(11)16-14(17)18/h4-5,10H,2-3,6-9H2,1H3,(H,16,18). The maximum Gasteiger partial charge on any atom is 0.321 e. The van der Waals surface area contributed by atoms with Crippen LogP contribution in [0.1, 0.15) is 18.4 Å². The number of rotatable bonds is 5. The minimum Gasteiger partial charge on any atom is -0.494 e. The maximum absolute atomic E-state index is 11.7. The van der Waals surface area contributed by atoms with E-state index in [4.69, 9.17) is 16.3 Å². The molecule has 0 spiro atoms. The largest absolute Gasteiger partial charge is 0.494 e. The van der Waals surface area contributed by atoms with Gasteiger partial charge in [-0.05, 0) is 30.9 Å². The van der Waals surface area contributed by atoms with E-state index in [-0.39, 0.29) is 6.03 Å². The molecule has 2 rings (SSSR count). The highest BCUT2D eigenvalue weighted by Crippen LogP contribution is 2.25. The molecule has 2 amide bonds. The molecule has 4 nitrogen and oxygen atoms in total. The number of unbranched alkanes of at least 4 members (excludes halogenated alkanes) is 1. The molecule has 104 valence electrons. The van der Waals surface area contributed by atoms with E-state index in [1.54, 1.807) is 11.9 Å². The van der Waals surface area contributed by atoms with Gasteiger partial charge in [0.1, 0.15) is 5.75 Å². The molecule has 1 N–H and O–H groups in total. The first kappa shape index (κ1) is 14.0. The Labute approximate surface area is 118 Å². The number of likely N-dealkylation sites (N-methyl/N-ethyl adjacent to an activating group) is 1. The van der Waals surface area contributed by atoms with E-state index in [2.05, 4.69) is 5.32 Å². The zero-order chi connectivity index (χ0) is 13.7. The number of fused-ring (bicyclic) bond motifs is 1. The lowest BCUT2D eigenvalue weighted by atomic mass is 10.1. The number of benzene rings is 1. The van der Waals surface area contributed by atoms with Gasteiger partial charge in [-0.15, -0.1) is 11.6 Å². The molecule has 1 heterocycles. The van der Waals surface area contributed by atoms with Gasteiger partial charge in [0, 0.05) is 31.2 Å². The Bertz CT molecular complexity index is 451. The third-order valence-electron chi connectivity index (χ3n) is 3.18. The predicted molar refractivity (Wildman–Crippen MR) is 77.2 cm³/mol. The molecule has 0 saturated carbocycles. The normalized spacial score (nSPS) is 14.6. The van der Waals surface area contributed by atoms with E-state index < -0.39 is 0 Å². The molecule has 0 radical (unpaired) electrons. The minimum absolute atomic E-state index is 0.0713. The average molecular weight is 283 g/mol. The molecule has 1 aromatic rings. The van der Waals surface area contributed by atoms with Crippen LogP contribution in [0.25, 0.3) is 0 Å². The molecule has 0 fully saturated rings. The number of urea groups is 1. The van der Waals surface area contributed by atoms with E-state index in [9.17, 15) is 4.79 Å². The number of anilines is 1. The van der Waals surface area contributed by atoms with Crippen LogP contribution in [-0.2, 0) is 6.42 Å². The first-order valence-corrected chi connectivity index (χ1v) is 7.08. The maximum atomic E-state index is 11.7. The smallest absolute Gasteiger partial charge is 0.321 e. The Morgan fingerprint density at radius 2 is 2.26 bits per heavy atom. The number of hydrogen-bond acceptors (Lipinski definition) is 2. The van der Waals surface area contributed by atoms with E-state index in [0.29, 0.717) is 12.5 Å². The van der Waals surface area contributed by atoms with Crippen molar-refractivity contribution >= 4 is 23.3 Å². The molecule has 0 bridgehead atoms. The van der Waals surface area contributed by atoms with Crippen LogP contribution in [0.2, 0.25) is 0 Å². The van der Waals surface area contributed by atoms with Crippen molar-refractivity contribution in [2.24, 2.45) is 0 Å². The molecular weight excluding hydrogens is 264 g/mol. The van der Waals surface area contributed by atoms with Crippen molar-refractivity contribution in [3.63, 3.8) is 0 Å². The zero-order valence-corrected chi connectivity index (χ0v) is 11.9. The fourth-order valence-corrected chi connectivity index (χ4v) is 2.16. The van der Waals surface area contributed by atoms with E-state index in [0.717, 1.165) is 42.8 Å². The van der Waals surface area contributed by atoms with Gasteiger partial charge >= 0.3 is 6.03 Å². The number of nitrogens with zero attached hydrogens (tertiary/aromatic N) is 1. The van der Waals surface area contributed by atoms with Gasteiger partial charge in [0.25, 0.3) is 0 Å². The summed E-state index contributed by atoms with van der Waals surface area (Å²) < 4.78 is 5.65. The second-order valence-corrected chi connectivity index (χ2v) is 5.04. The molecule has 0 aliphatic carbocycles. The van der Waals surface area contributed by atoms with Gasteiger partial charge in [-0.3, -0.25) is 0 Å².